The number of aromatic nitrogens is 1. The van der Waals surface area contributed by atoms with E-state index in [1.54, 1.807) is 6.92 Å². The first-order valence-electron chi connectivity index (χ1n) is 10.6. The molecule has 2 heterocycles. The van der Waals surface area contributed by atoms with Crippen molar-refractivity contribution in [1.82, 2.24) is 4.57 Å². The van der Waals surface area contributed by atoms with Crippen LogP contribution in [0.25, 0.3) is 0 Å². The highest BCUT2D eigenvalue weighted by atomic mass is 16.1. The molecule has 0 saturated heterocycles. The number of para-hydroxylation sites is 2. The number of nitrogens with one attached hydrogen (secondary N) is 2. The number of anilines is 2. The molecule has 5 rings (SSSR count). The van der Waals surface area contributed by atoms with Gasteiger partial charge in [0.25, 0.3) is 0 Å². The molecule has 6 N–H and O–H groups in total. The Kier molecular flexibility index (Phi) is 4.83. The number of benzene rings is 2. The molecular formula is C25H25N5O2. The van der Waals surface area contributed by atoms with Gasteiger partial charge in [-0.2, -0.15) is 0 Å². The van der Waals surface area contributed by atoms with Crippen LogP contribution < -0.4 is 22.1 Å². The largest absolute Gasteiger partial charge is 0.395 e. The predicted octanol–water partition coefficient (Wildman–Crippen LogP) is 3.21. The maximum atomic E-state index is 13.2. The number of ketones is 2. The third-order valence-corrected chi connectivity index (χ3v) is 6.30. The van der Waals surface area contributed by atoms with Crippen LogP contribution in [0.3, 0.4) is 0 Å². The Morgan fingerprint density at radius 2 is 1.59 bits per heavy atom. The van der Waals surface area contributed by atoms with E-state index in [1.165, 1.54) is 0 Å². The van der Waals surface area contributed by atoms with Crippen LogP contribution in [-0.4, -0.2) is 22.2 Å². The highest BCUT2D eigenvalue weighted by molar-refractivity contribution is 6.26. The molecule has 0 saturated carbocycles. The first-order valence-corrected chi connectivity index (χ1v) is 10.6. The van der Waals surface area contributed by atoms with E-state index in [0.717, 1.165) is 22.6 Å². The van der Waals surface area contributed by atoms with Gasteiger partial charge in [-0.1, -0.05) is 36.4 Å². The molecule has 3 aromatic rings. The van der Waals surface area contributed by atoms with Crippen molar-refractivity contribution in [2.75, 3.05) is 10.6 Å². The van der Waals surface area contributed by atoms with Crippen molar-refractivity contribution >= 4 is 22.9 Å². The zero-order valence-electron chi connectivity index (χ0n) is 17.8. The SMILES string of the molecule is CC1=C(N)C(=O)c2c(CNc3ccccc3)c3n(c2C1=O)C[C@H](N)[C@H]3Nc1ccccc1. The minimum Gasteiger partial charge on any atom is -0.395 e. The third-order valence-electron chi connectivity index (χ3n) is 6.30. The van der Waals surface area contributed by atoms with E-state index in [-0.39, 0.29) is 29.3 Å². The van der Waals surface area contributed by atoms with Gasteiger partial charge in [-0.05, 0) is 31.2 Å². The van der Waals surface area contributed by atoms with Crippen LogP contribution in [0.5, 0.6) is 0 Å². The van der Waals surface area contributed by atoms with E-state index in [2.05, 4.69) is 10.6 Å². The Balaban J connectivity index is 1.63. The van der Waals surface area contributed by atoms with Crippen LogP contribution >= 0.6 is 0 Å². The van der Waals surface area contributed by atoms with Crippen LogP contribution in [0.1, 0.15) is 45.1 Å². The summed E-state index contributed by atoms with van der Waals surface area (Å²) in [7, 11) is 0. The summed E-state index contributed by atoms with van der Waals surface area (Å²) in [5.74, 6) is -0.507. The Morgan fingerprint density at radius 1 is 0.969 bits per heavy atom. The summed E-state index contributed by atoms with van der Waals surface area (Å²) in [6.07, 6.45) is 0. The Bertz CT molecular complexity index is 1240. The summed E-state index contributed by atoms with van der Waals surface area (Å²) in [6, 6.07) is 19.0. The maximum Gasteiger partial charge on any atom is 0.211 e. The number of rotatable bonds is 5. The molecule has 7 nitrogen and oxygen atoms in total. The Morgan fingerprint density at radius 3 is 2.25 bits per heavy atom. The lowest BCUT2D eigenvalue weighted by molar-refractivity contribution is 0.0967. The minimum atomic E-state index is -0.295. The van der Waals surface area contributed by atoms with E-state index in [1.807, 2.05) is 65.2 Å². The number of carbonyl (C=O) groups is 2. The number of nitrogens with two attached hydrogens (primary N) is 2. The van der Waals surface area contributed by atoms with E-state index in [0.29, 0.717) is 29.9 Å². The number of allylic oxidation sites excluding steroid dienone is 2. The monoisotopic (exact) mass is 427 g/mol. The molecule has 0 radical (unpaired) electrons. The van der Waals surface area contributed by atoms with Crippen LogP contribution in [0, 0.1) is 0 Å². The zero-order valence-corrected chi connectivity index (χ0v) is 17.8. The number of hydrogen-bond acceptors (Lipinski definition) is 6. The van der Waals surface area contributed by atoms with Gasteiger partial charge in [-0.15, -0.1) is 0 Å². The summed E-state index contributed by atoms with van der Waals surface area (Å²) >= 11 is 0. The molecule has 7 heteroatoms. The molecule has 1 aliphatic carbocycles. The molecule has 1 aliphatic heterocycles. The summed E-state index contributed by atoms with van der Waals surface area (Å²) in [5, 5.41) is 6.89. The van der Waals surface area contributed by atoms with Crippen LogP contribution in [0.2, 0.25) is 0 Å². The molecule has 1 aromatic heterocycles. The number of Topliss-reactive ketones (excluding diaryl/α,β-unsaturated/α-hetero) is 2. The van der Waals surface area contributed by atoms with Crippen molar-refractivity contribution in [3.63, 3.8) is 0 Å². The second-order valence-corrected chi connectivity index (χ2v) is 8.27. The van der Waals surface area contributed by atoms with Gasteiger partial charge < -0.3 is 26.7 Å². The molecule has 2 aliphatic rings. The fourth-order valence-electron chi connectivity index (χ4n) is 4.65. The van der Waals surface area contributed by atoms with E-state index in [9.17, 15) is 9.59 Å². The average molecular weight is 428 g/mol. The fourth-order valence-corrected chi connectivity index (χ4v) is 4.65. The van der Waals surface area contributed by atoms with Crippen molar-refractivity contribution in [2.45, 2.75) is 32.1 Å². The van der Waals surface area contributed by atoms with E-state index < -0.39 is 0 Å². The van der Waals surface area contributed by atoms with Gasteiger partial charge in [-0.25, -0.2) is 0 Å². The quantitative estimate of drug-likeness (QED) is 0.497. The Hall–Kier alpha value is -3.84. The summed E-state index contributed by atoms with van der Waals surface area (Å²) in [4.78, 5) is 26.4. The molecule has 32 heavy (non-hydrogen) atoms. The van der Waals surface area contributed by atoms with Crippen molar-refractivity contribution < 1.29 is 9.59 Å². The lowest BCUT2D eigenvalue weighted by atomic mass is 9.89. The second kappa shape index (κ2) is 7.69. The van der Waals surface area contributed by atoms with Gasteiger partial charge >= 0.3 is 0 Å². The van der Waals surface area contributed by atoms with Crippen molar-refractivity contribution in [3.8, 4) is 0 Å². The molecule has 0 amide bonds. The summed E-state index contributed by atoms with van der Waals surface area (Å²) < 4.78 is 1.92. The van der Waals surface area contributed by atoms with Crippen molar-refractivity contribution in [2.24, 2.45) is 11.5 Å². The standard InChI is InChI=1S/C25H25N5O2/c1-14-20(27)25(32)19-17(12-28-15-8-4-2-5-9-15)22-21(29-16-10-6-3-7-11-16)18(26)13-30(22)23(19)24(14)31/h2-11,18,21,28-29H,12-13,26-27H2,1H3/t18-,21+/m0/s1. The lowest BCUT2D eigenvalue weighted by Gasteiger charge is -2.22. The Labute approximate surface area is 186 Å². The first-order chi connectivity index (χ1) is 15.5. The molecule has 0 bridgehead atoms. The number of fused-ring (bicyclic) bond motifs is 3. The van der Waals surface area contributed by atoms with Gasteiger partial charge in [0.2, 0.25) is 11.6 Å². The van der Waals surface area contributed by atoms with E-state index >= 15 is 0 Å². The molecule has 2 atom stereocenters. The number of carbonyl (C=O) groups excluding carboxylic acids is 2. The van der Waals surface area contributed by atoms with Crippen LogP contribution in [-0.2, 0) is 13.1 Å². The lowest BCUT2D eigenvalue weighted by Crippen LogP contribution is -2.33. The summed E-state index contributed by atoms with van der Waals surface area (Å²) in [5.41, 5.74) is 17.2. The fraction of sp³-hybridized carbons (Fsp3) is 0.200. The second-order valence-electron chi connectivity index (χ2n) is 8.27. The zero-order chi connectivity index (χ0) is 22.4. The molecule has 162 valence electrons. The van der Waals surface area contributed by atoms with Crippen molar-refractivity contribution in [1.29, 1.82) is 0 Å². The van der Waals surface area contributed by atoms with Crippen LogP contribution in [0.4, 0.5) is 11.4 Å². The molecule has 2 aromatic carbocycles. The predicted molar refractivity (Wildman–Crippen MR) is 125 cm³/mol. The molecule has 0 unspecified atom stereocenters. The number of nitrogens with zero attached hydrogens (tertiary/aromatic N) is 1. The van der Waals surface area contributed by atoms with Crippen LogP contribution in [0.15, 0.2) is 71.9 Å². The van der Waals surface area contributed by atoms with Gasteiger partial charge in [0, 0.05) is 47.3 Å². The molecule has 0 fully saturated rings. The first kappa shape index (κ1) is 20.1. The topological polar surface area (TPSA) is 115 Å². The third kappa shape index (κ3) is 3.09. The number of hydrogen-bond donors (Lipinski definition) is 4. The minimum absolute atomic E-state index is 0.0181. The highest BCUT2D eigenvalue weighted by Crippen LogP contribution is 2.40. The van der Waals surface area contributed by atoms with Gasteiger partial charge in [0.1, 0.15) is 5.69 Å². The van der Waals surface area contributed by atoms with Crippen molar-refractivity contribution in [3.05, 3.63) is 94.4 Å². The smallest absolute Gasteiger partial charge is 0.211 e. The average Bonchev–Trinajstić information content (AvgIpc) is 3.29. The van der Waals surface area contributed by atoms with Gasteiger partial charge in [-0.3, -0.25) is 9.59 Å². The molecule has 0 spiro atoms. The molecular weight excluding hydrogens is 402 g/mol. The normalized spacial score (nSPS) is 19.7. The van der Waals surface area contributed by atoms with Gasteiger partial charge in [0.15, 0.2) is 0 Å². The highest BCUT2D eigenvalue weighted by Gasteiger charge is 2.43. The summed E-state index contributed by atoms with van der Waals surface area (Å²) in [6.45, 7) is 2.42. The van der Waals surface area contributed by atoms with Gasteiger partial charge in [0.05, 0.1) is 17.3 Å². The van der Waals surface area contributed by atoms with E-state index in [4.69, 9.17) is 11.5 Å². The maximum absolute atomic E-state index is 13.2.